The van der Waals surface area contributed by atoms with Crippen molar-refractivity contribution < 1.29 is 27.2 Å². The van der Waals surface area contributed by atoms with Gasteiger partial charge < -0.3 is 20.9 Å². The van der Waals surface area contributed by atoms with Gasteiger partial charge >= 0.3 is 5.92 Å². The second kappa shape index (κ2) is 10.5. The van der Waals surface area contributed by atoms with Crippen LogP contribution < -0.4 is 15.5 Å². The fourth-order valence-corrected chi connectivity index (χ4v) is 5.03. The van der Waals surface area contributed by atoms with Gasteiger partial charge in [-0.05, 0) is 42.5 Å². The normalized spacial score (nSPS) is 22.1. The van der Waals surface area contributed by atoms with Crippen molar-refractivity contribution >= 4 is 29.4 Å². The van der Waals surface area contributed by atoms with Crippen LogP contribution in [0.25, 0.3) is 0 Å². The summed E-state index contributed by atoms with van der Waals surface area (Å²) in [4.78, 5) is 26.6. The number of benzene rings is 2. The molecule has 4 rings (SSSR count). The minimum atomic E-state index is -3.59. The summed E-state index contributed by atoms with van der Waals surface area (Å²) in [7, 11) is 0. The van der Waals surface area contributed by atoms with Crippen LogP contribution in [0.1, 0.15) is 56.2 Å². The highest BCUT2D eigenvalue weighted by Crippen LogP contribution is 2.39. The Kier molecular flexibility index (Phi) is 7.57. The second-order valence-electron chi connectivity index (χ2n) is 9.89. The molecule has 1 unspecified atom stereocenters. The zero-order valence-corrected chi connectivity index (χ0v) is 20.4. The third kappa shape index (κ3) is 6.11. The van der Waals surface area contributed by atoms with Crippen LogP contribution in [0, 0.1) is 11.3 Å². The first-order valence-electron chi connectivity index (χ1n) is 12.3. The molecular weight excluding hydrogens is 488 g/mol. The third-order valence-electron chi connectivity index (χ3n) is 7.07. The molecule has 6 nitrogen and oxygen atoms in total. The number of alkyl halides is 4. The van der Waals surface area contributed by atoms with E-state index in [2.05, 4.69) is 10.6 Å². The lowest BCUT2D eigenvalue weighted by atomic mass is 9.87. The zero-order valence-electron chi connectivity index (χ0n) is 20.4. The summed E-state index contributed by atoms with van der Waals surface area (Å²) in [5.41, 5.74) is 2.26. The van der Waals surface area contributed by atoms with Gasteiger partial charge in [0.15, 0.2) is 0 Å². The number of nitrogens with zero attached hydrogens (tertiary/aromatic N) is 1. The smallest absolute Gasteiger partial charge is 0.321 e. The van der Waals surface area contributed by atoms with Crippen molar-refractivity contribution in [2.24, 2.45) is 5.92 Å². The maximum atomic E-state index is 13.6. The lowest BCUT2D eigenvalue weighted by molar-refractivity contribution is -0.143. The molecule has 0 aromatic heterocycles. The van der Waals surface area contributed by atoms with Crippen LogP contribution in [-0.4, -0.2) is 42.5 Å². The molecule has 37 heavy (non-hydrogen) atoms. The van der Waals surface area contributed by atoms with E-state index in [0.29, 0.717) is 48.8 Å². The number of hydrogen-bond acceptors (Lipinski definition) is 4. The fraction of sp³-hybridized carbons (Fsp3) is 0.444. The molecule has 0 radical (unpaired) electrons. The Bertz CT molecular complexity index is 1140. The summed E-state index contributed by atoms with van der Waals surface area (Å²) in [5.74, 6) is -7.89. The minimum Gasteiger partial charge on any atom is -0.384 e. The molecule has 0 spiro atoms. The first-order chi connectivity index (χ1) is 17.5. The van der Waals surface area contributed by atoms with Crippen molar-refractivity contribution in [2.75, 3.05) is 16.8 Å². The van der Waals surface area contributed by atoms with Crippen LogP contribution in [0.5, 0.6) is 0 Å². The van der Waals surface area contributed by atoms with Crippen molar-refractivity contribution in [3.63, 3.8) is 0 Å². The molecule has 1 saturated heterocycles. The first kappa shape index (κ1) is 26.6. The van der Waals surface area contributed by atoms with E-state index in [4.69, 9.17) is 5.41 Å². The van der Waals surface area contributed by atoms with Gasteiger partial charge in [-0.25, -0.2) is 8.78 Å². The van der Waals surface area contributed by atoms with E-state index >= 15 is 0 Å². The molecule has 1 saturated carbocycles. The molecule has 10 heteroatoms. The Labute approximate surface area is 212 Å². The molecule has 2 aromatic carbocycles. The topological polar surface area (TPSA) is 85.3 Å². The van der Waals surface area contributed by atoms with Crippen LogP contribution >= 0.6 is 0 Å². The summed E-state index contributed by atoms with van der Waals surface area (Å²) in [5, 5.41) is 13.5. The third-order valence-corrected chi connectivity index (χ3v) is 7.07. The van der Waals surface area contributed by atoms with Gasteiger partial charge in [0.2, 0.25) is 11.8 Å². The van der Waals surface area contributed by atoms with Crippen molar-refractivity contribution in [3.05, 3.63) is 59.7 Å². The van der Waals surface area contributed by atoms with Gasteiger partial charge in [0.05, 0.1) is 12.1 Å². The summed E-state index contributed by atoms with van der Waals surface area (Å²) in [6, 6.07) is 12.3. The predicted molar refractivity (Wildman–Crippen MR) is 134 cm³/mol. The van der Waals surface area contributed by atoms with Gasteiger partial charge in [0.1, 0.15) is 0 Å². The van der Waals surface area contributed by atoms with Gasteiger partial charge in [-0.15, -0.1) is 0 Å². The van der Waals surface area contributed by atoms with Crippen LogP contribution in [0.2, 0.25) is 0 Å². The quantitative estimate of drug-likeness (QED) is 0.317. The van der Waals surface area contributed by atoms with Crippen LogP contribution in [0.15, 0.2) is 48.5 Å². The molecule has 2 aromatic rings. The molecule has 2 aliphatic rings. The lowest BCUT2D eigenvalue weighted by Crippen LogP contribution is -2.46. The first-order valence-corrected chi connectivity index (χ1v) is 12.3. The molecule has 2 atom stereocenters. The standard InChI is InChI=1S/C27H30F4N4O2/c1-26(28,29)25(37)34-22-14-23(36)35(24(22)18-5-3-2-4-6-18)20-7-8-21(19(13-20)15-32)33-16-17-9-11-27(30,31)12-10-17/h2-8,13,15,17,22,24,32-33H,9-12,14,16H2,1H3,(H,34,37)/t22-,24?/m0/s1. The number of rotatable bonds is 8. The van der Waals surface area contributed by atoms with Gasteiger partial charge in [0, 0.05) is 55.9 Å². The molecule has 1 heterocycles. The van der Waals surface area contributed by atoms with E-state index in [-0.39, 0.29) is 31.1 Å². The highest BCUT2D eigenvalue weighted by Gasteiger charge is 2.45. The van der Waals surface area contributed by atoms with Crippen molar-refractivity contribution in [3.8, 4) is 0 Å². The molecule has 198 valence electrons. The van der Waals surface area contributed by atoms with Crippen LogP contribution in [0.4, 0.5) is 28.9 Å². The molecule has 2 fully saturated rings. The van der Waals surface area contributed by atoms with Gasteiger partial charge in [0.25, 0.3) is 5.91 Å². The maximum absolute atomic E-state index is 13.6. The van der Waals surface area contributed by atoms with Gasteiger partial charge in [-0.1, -0.05) is 30.3 Å². The molecule has 3 N–H and O–H groups in total. The zero-order chi connectivity index (χ0) is 26.8. The Hall–Kier alpha value is -3.43. The second-order valence-corrected chi connectivity index (χ2v) is 9.89. The molecule has 0 bridgehead atoms. The van der Waals surface area contributed by atoms with Crippen LogP contribution in [0.3, 0.4) is 0 Å². The average Bonchev–Trinajstić information content (AvgIpc) is 3.18. The number of amides is 2. The molecule has 1 aliphatic heterocycles. The molecular formula is C27H30F4N4O2. The number of halogens is 4. The van der Waals surface area contributed by atoms with E-state index in [1.54, 1.807) is 48.5 Å². The summed E-state index contributed by atoms with van der Waals surface area (Å²) in [6.45, 7) is 1.00. The Morgan fingerprint density at radius 3 is 2.46 bits per heavy atom. The minimum absolute atomic E-state index is 0.0987. The van der Waals surface area contributed by atoms with Gasteiger partial charge in [-0.2, -0.15) is 8.78 Å². The van der Waals surface area contributed by atoms with E-state index < -0.39 is 29.8 Å². The number of anilines is 2. The Balaban J connectivity index is 1.57. The van der Waals surface area contributed by atoms with Crippen LogP contribution in [-0.2, 0) is 9.59 Å². The van der Waals surface area contributed by atoms with E-state index in [1.165, 1.54) is 4.90 Å². The van der Waals surface area contributed by atoms with Gasteiger partial charge in [-0.3, -0.25) is 9.59 Å². The van der Waals surface area contributed by atoms with E-state index in [9.17, 15) is 27.2 Å². The highest BCUT2D eigenvalue weighted by molar-refractivity contribution is 6.00. The van der Waals surface area contributed by atoms with E-state index in [1.807, 2.05) is 0 Å². The number of carbonyl (C=O) groups is 2. The van der Waals surface area contributed by atoms with Crippen molar-refractivity contribution in [1.82, 2.24) is 5.32 Å². The fourth-order valence-electron chi connectivity index (χ4n) is 5.03. The summed E-state index contributed by atoms with van der Waals surface area (Å²) >= 11 is 0. The number of carbonyl (C=O) groups excluding carboxylic acids is 2. The van der Waals surface area contributed by atoms with Crippen molar-refractivity contribution in [1.29, 1.82) is 5.41 Å². The number of nitrogens with one attached hydrogen (secondary N) is 3. The summed E-state index contributed by atoms with van der Waals surface area (Å²) < 4.78 is 54.2. The predicted octanol–water partition coefficient (Wildman–Crippen LogP) is 5.54. The average molecular weight is 519 g/mol. The lowest BCUT2D eigenvalue weighted by Gasteiger charge is -2.30. The molecule has 2 amide bonds. The maximum Gasteiger partial charge on any atom is 0.321 e. The summed E-state index contributed by atoms with van der Waals surface area (Å²) in [6.07, 6.45) is 1.56. The number of hydrogen-bond donors (Lipinski definition) is 3. The Morgan fingerprint density at radius 2 is 1.84 bits per heavy atom. The Morgan fingerprint density at radius 1 is 1.16 bits per heavy atom. The van der Waals surface area contributed by atoms with Crippen molar-refractivity contribution in [2.45, 2.75) is 63.0 Å². The largest absolute Gasteiger partial charge is 0.384 e. The van der Waals surface area contributed by atoms with E-state index in [0.717, 1.165) is 6.21 Å². The monoisotopic (exact) mass is 518 g/mol. The molecule has 1 aliphatic carbocycles. The SMILES string of the molecule is CC(F)(F)C(=O)N[C@H]1CC(=O)N(c2ccc(NCC3CCC(F)(F)CC3)c(C=N)c2)C1c1ccccc1. The highest BCUT2D eigenvalue weighted by atomic mass is 19.3.